The normalized spacial score (nSPS) is 16.0. The molecule has 6 nitrogen and oxygen atoms in total. The molecule has 1 saturated heterocycles. The number of benzene rings is 1. The largest absolute Gasteiger partial charge is 0.438 e. The minimum Gasteiger partial charge on any atom is -0.438 e. The molecule has 0 radical (unpaired) electrons. The number of nitrogens with one attached hydrogen (secondary N) is 1. The van der Waals surface area contributed by atoms with Crippen molar-refractivity contribution in [2.75, 3.05) is 18.4 Å². The van der Waals surface area contributed by atoms with Crippen molar-refractivity contribution in [3.05, 3.63) is 47.7 Å². The van der Waals surface area contributed by atoms with E-state index in [0.29, 0.717) is 18.8 Å². The lowest BCUT2D eigenvalue weighted by atomic mass is 10.0. The van der Waals surface area contributed by atoms with Crippen LogP contribution in [0.3, 0.4) is 0 Å². The molecule has 140 valence electrons. The molecule has 1 aromatic heterocycles. The molecule has 0 aliphatic carbocycles. The molecular weight excluding hydrogens is 352 g/mol. The summed E-state index contributed by atoms with van der Waals surface area (Å²) in [5, 5.41) is 2.63. The SMILES string of the molecule is CC(C)c1ccccc1NC(=O)c1ccc(S(=O)(=O)N2CCCCC2)o1. The predicted octanol–water partition coefficient (Wildman–Crippen LogP) is 3.83. The summed E-state index contributed by atoms with van der Waals surface area (Å²) < 4.78 is 32.1. The second-order valence-electron chi connectivity index (χ2n) is 6.78. The Labute approximate surface area is 154 Å². The molecule has 0 bridgehead atoms. The van der Waals surface area contributed by atoms with E-state index in [4.69, 9.17) is 4.42 Å². The van der Waals surface area contributed by atoms with Crippen LogP contribution in [0.2, 0.25) is 0 Å². The first-order valence-electron chi connectivity index (χ1n) is 8.90. The number of hydrogen-bond acceptors (Lipinski definition) is 4. The molecule has 26 heavy (non-hydrogen) atoms. The number of furan rings is 1. The molecule has 1 amide bonds. The first-order chi connectivity index (χ1) is 12.4. The van der Waals surface area contributed by atoms with E-state index in [-0.39, 0.29) is 16.8 Å². The van der Waals surface area contributed by atoms with Crippen LogP contribution in [-0.4, -0.2) is 31.7 Å². The smallest absolute Gasteiger partial charge is 0.291 e. The van der Waals surface area contributed by atoms with Gasteiger partial charge in [-0.05, 0) is 42.5 Å². The van der Waals surface area contributed by atoms with Crippen LogP contribution in [0.25, 0.3) is 0 Å². The number of hydrogen-bond donors (Lipinski definition) is 1. The molecular formula is C19H24N2O4S. The number of nitrogens with zero attached hydrogens (tertiary/aromatic N) is 1. The fraction of sp³-hybridized carbons (Fsp3) is 0.421. The number of carbonyl (C=O) groups excluding carboxylic acids is 1. The van der Waals surface area contributed by atoms with Crippen molar-refractivity contribution in [3.63, 3.8) is 0 Å². The quantitative estimate of drug-likeness (QED) is 0.860. The lowest BCUT2D eigenvalue weighted by molar-refractivity contribution is 0.0991. The van der Waals surface area contributed by atoms with Crippen molar-refractivity contribution in [3.8, 4) is 0 Å². The molecule has 3 rings (SSSR count). The number of sulfonamides is 1. The highest BCUT2D eigenvalue weighted by Gasteiger charge is 2.29. The van der Waals surface area contributed by atoms with Crippen LogP contribution < -0.4 is 5.32 Å². The summed E-state index contributed by atoms with van der Waals surface area (Å²) in [5.74, 6) is -0.226. The number of para-hydroxylation sites is 1. The Balaban J connectivity index is 1.78. The summed E-state index contributed by atoms with van der Waals surface area (Å²) in [4.78, 5) is 12.5. The predicted molar refractivity (Wildman–Crippen MR) is 99.8 cm³/mol. The zero-order valence-electron chi connectivity index (χ0n) is 15.1. The monoisotopic (exact) mass is 376 g/mol. The Morgan fingerprint density at radius 1 is 1.08 bits per heavy atom. The van der Waals surface area contributed by atoms with Gasteiger partial charge in [-0.25, -0.2) is 8.42 Å². The fourth-order valence-corrected chi connectivity index (χ4v) is 4.54. The Morgan fingerprint density at radius 3 is 2.46 bits per heavy atom. The van der Waals surface area contributed by atoms with Gasteiger partial charge in [0.2, 0.25) is 5.09 Å². The highest BCUT2D eigenvalue weighted by molar-refractivity contribution is 7.89. The summed E-state index contributed by atoms with van der Waals surface area (Å²) in [6.07, 6.45) is 2.73. The summed E-state index contributed by atoms with van der Waals surface area (Å²) in [6.45, 7) is 5.07. The van der Waals surface area contributed by atoms with Crippen LogP contribution in [0.1, 0.15) is 55.1 Å². The van der Waals surface area contributed by atoms with Gasteiger partial charge in [0.25, 0.3) is 15.9 Å². The third kappa shape index (κ3) is 3.83. The van der Waals surface area contributed by atoms with Gasteiger partial charge in [0.05, 0.1) is 0 Å². The molecule has 0 spiro atoms. The maximum absolute atomic E-state index is 12.6. The first kappa shape index (κ1) is 18.7. The molecule has 1 fully saturated rings. The van der Waals surface area contributed by atoms with E-state index in [1.165, 1.54) is 16.4 Å². The summed E-state index contributed by atoms with van der Waals surface area (Å²) in [6, 6.07) is 10.3. The van der Waals surface area contributed by atoms with Crippen LogP contribution in [0.15, 0.2) is 45.9 Å². The van der Waals surface area contributed by atoms with Crippen molar-refractivity contribution in [2.24, 2.45) is 0 Å². The minimum absolute atomic E-state index is 0.0147. The maximum Gasteiger partial charge on any atom is 0.291 e. The number of anilines is 1. The third-order valence-corrected chi connectivity index (χ3v) is 6.32. The Bertz CT molecular complexity index is 880. The van der Waals surface area contributed by atoms with Gasteiger partial charge < -0.3 is 9.73 Å². The van der Waals surface area contributed by atoms with Crippen molar-refractivity contribution < 1.29 is 17.6 Å². The van der Waals surface area contributed by atoms with Gasteiger partial charge in [-0.3, -0.25) is 4.79 Å². The van der Waals surface area contributed by atoms with E-state index in [0.717, 1.165) is 24.8 Å². The Morgan fingerprint density at radius 2 is 1.77 bits per heavy atom. The molecule has 1 aromatic carbocycles. The molecule has 0 saturated carbocycles. The molecule has 2 aromatic rings. The molecule has 0 unspecified atom stereocenters. The van der Waals surface area contributed by atoms with Gasteiger partial charge >= 0.3 is 0 Å². The second kappa shape index (κ2) is 7.63. The number of carbonyl (C=O) groups is 1. The van der Waals surface area contributed by atoms with Crippen LogP contribution in [0.4, 0.5) is 5.69 Å². The highest BCUT2D eigenvalue weighted by Crippen LogP contribution is 2.26. The lowest BCUT2D eigenvalue weighted by Gasteiger charge is -2.24. The fourth-order valence-electron chi connectivity index (χ4n) is 3.11. The van der Waals surface area contributed by atoms with Gasteiger partial charge in [-0.15, -0.1) is 0 Å². The number of piperidine rings is 1. The summed E-state index contributed by atoms with van der Waals surface area (Å²) >= 11 is 0. The standard InChI is InChI=1S/C19H24N2O4S/c1-14(2)15-8-4-5-9-16(15)20-19(22)17-10-11-18(25-17)26(23,24)21-12-6-3-7-13-21/h4-5,8-11,14H,3,6-7,12-13H2,1-2H3,(H,20,22). The van der Waals surface area contributed by atoms with E-state index in [1.54, 1.807) is 0 Å². The van der Waals surface area contributed by atoms with E-state index in [2.05, 4.69) is 5.32 Å². The molecule has 1 aliphatic rings. The van der Waals surface area contributed by atoms with E-state index in [9.17, 15) is 13.2 Å². The lowest BCUT2D eigenvalue weighted by Crippen LogP contribution is -2.35. The van der Waals surface area contributed by atoms with Crippen molar-refractivity contribution in [2.45, 2.75) is 44.1 Å². The highest BCUT2D eigenvalue weighted by atomic mass is 32.2. The minimum atomic E-state index is -3.68. The average Bonchev–Trinajstić information content (AvgIpc) is 3.14. The zero-order valence-corrected chi connectivity index (χ0v) is 15.9. The van der Waals surface area contributed by atoms with Crippen LogP contribution in [0.5, 0.6) is 0 Å². The van der Waals surface area contributed by atoms with Crippen molar-refractivity contribution in [1.29, 1.82) is 0 Å². The Hall–Kier alpha value is -2.12. The van der Waals surface area contributed by atoms with E-state index in [1.807, 2.05) is 38.1 Å². The topological polar surface area (TPSA) is 79.6 Å². The van der Waals surface area contributed by atoms with Gasteiger partial charge in [0.1, 0.15) is 0 Å². The average molecular weight is 376 g/mol. The zero-order chi connectivity index (χ0) is 18.7. The van der Waals surface area contributed by atoms with Gasteiger partial charge in [-0.2, -0.15) is 4.31 Å². The maximum atomic E-state index is 12.6. The summed E-state index contributed by atoms with van der Waals surface area (Å²) in [7, 11) is -3.68. The van der Waals surface area contributed by atoms with Gasteiger partial charge in [0, 0.05) is 18.8 Å². The van der Waals surface area contributed by atoms with Gasteiger partial charge in [-0.1, -0.05) is 38.5 Å². The summed E-state index contributed by atoms with van der Waals surface area (Å²) in [5.41, 5.74) is 1.71. The Kier molecular flexibility index (Phi) is 5.48. The van der Waals surface area contributed by atoms with E-state index >= 15 is 0 Å². The molecule has 1 N–H and O–H groups in total. The third-order valence-electron chi connectivity index (χ3n) is 4.55. The van der Waals surface area contributed by atoms with Crippen molar-refractivity contribution in [1.82, 2.24) is 4.31 Å². The molecule has 7 heteroatoms. The van der Waals surface area contributed by atoms with Crippen molar-refractivity contribution >= 4 is 21.6 Å². The second-order valence-corrected chi connectivity index (χ2v) is 8.65. The first-order valence-corrected chi connectivity index (χ1v) is 10.3. The van der Waals surface area contributed by atoms with Gasteiger partial charge in [0.15, 0.2) is 5.76 Å². The van der Waals surface area contributed by atoms with Crippen LogP contribution in [0, 0.1) is 0 Å². The molecule has 1 aliphatic heterocycles. The number of rotatable bonds is 5. The number of amides is 1. The van der Waals surface area contributed by atoms with Crippen LogP contribution >= 0.6 is 0 Å². The van der Waals surface area contributed by atoms with Crippen LogP contribution in [-0.2, 0) is 10.0 Å². The van der Waals surface area contributed by atoms with E-state index < -0.39 is 15.9 Å². The molecule has 2 heterocycles. The molecule has 0 atom stereocenters.